The zero-order valence-corrected chi connectivity index (χ0v) is 18.3. The summed E-state index contributed by atoms with van der Waals surface area (Å²) in [6.07, 6.45) is 5.30. The van der Waals surface area contributed by atoms with E-state index in [9.17, 15) is 4.79 Å². The maximum absolute atomic E-state index is 12.8. The Bertz CT molecular complexity index is 1050. The van der Waals surface area contributed by atoms with E-state index in [0.29, 0.717) is 12.1 Å². The second-order valence-corrected chi connectivity index (χ2v) is 8.61. The van der Waals surface area contributed by atoms with Crippen molar-refractivity contribution in [1.29, 1.82) is 0 Å². The molecule has 0 radical (unpaired) electrons. The first kappa shape index (κ1) is 20.9. The van der Waals surface area contributed by atoms with E-state index in [2.05, 4.69) is 60.7 Å². The monoisotopic (exact) mass is 415 g/mol. The minimum atomic E-state index is -0.294. The van der Waals surface area contributed by atoms with E-state index in [-0.39, 0.29) is 17.6 Å². The summed E-state index contributed by atoms with van der Waals surface area (Å²) >= 11 is 0. The number of aryl methyl sites for hydroxylation is 1. The molecular weight excluding hydrogens is 386 g/mol. The molecule has 3 aromatic rings. The quantitative estimate of drug-likeness (QED) is 0.574. The topological polar surface area (TPSA) is 63.2 Å². The highest BCUT2D eigenvalue weighted by Crippen LogP contribution is 2.41. The lowest BCUT2D eigenvalue weighted by atomic mass is 9.88. The molecule has 1 aliphatic rings. The van der Waals surface area contributed by atoms with Gasteiger partial charge in [0, 0.05) is 42.2 Å². The first-order valence-electron chi connectivity index (χ1n) is 10.8. The highest BCUT2D eigenvalue weighted by molar-refractivity contribution is 5.94. The number of pyridine rings is 1. The van der Waals surface area contributed by atoms with E-state index in [1.165, 1.54) is 5.56 Å². The van der Waals surface area contributed by atoms with Gasteiger partial charge in [0.1, 0.15) is 11.4 Å². The SMILES string of the molecule is CCc1ccc(N[C@H]2CC(C)(C)Oc3ccc(C(=O)NCc4cccnc4)cc32)cc1. The van der Waals surface area contributed by atoms with Gasteiger partial charge in [-0.2, -0.15) is 0 Å². The van der Waals surface area contributed by atoms with Crippen LogP contribution in [0.5, 0.6) is 5.75 Å². The number of rotatable bonds is 6. The molecule has 0 spiro atoms. The summed E-state index contributed by atoms with van der Waals surface area (Å²) in [5.41, 5.74) is 4.68. The second-order valence-electron chi connectivity index (χ2n) is 8.61. The number of fused-ring (bicyclic) bond motifs is 1. The van der Waals surface area contributed by atoms with Crippen LogP contribution in [-0.2, 0) is 13.0 Å². The molecule has 4 rings (SSSR count). The number of amides is 1. The lowest BCUT2D eigenvalue weighted by Crippen LogP contribution is -2.37. The van der Waals surface area contributed by atoms with Crippen molar-refractivity contribution in [2.24, 2.45) is 0 Å². The van der Waals surface area contributed by atoms with Crippen molar-refractivity contribution >= 4 is 11.6 Å². The van der Waals surface area contributed by atoms with Crippen LogP contribution in [0.1, 0.15) is 60.3 Å². The van der Waals surface area contributed by atoms with Crippen LogP contribution in [0.15, 0.2) is 67.0 Å². The summed E-state index contributed by atoms with van der Waals surface area (Å²) in [6, 6.07) is 18.1. The molecular formula is C26H29N3O2. The molecule has 0 fully saturated rings. The Kier molecular flexibility index (Phi) is 5.94. The van der Waals surface area contributed by atoms with Crippen LogP contribution in [0.3, 0.4) is 0 Å². The molecule has 2 aromatic carbocycles. The number of carbonyl (C=O) groups is 1. The van der Waals surface area contributed by atoms with Crippen molar-refractivity contribution in [2.75, 3.05) is 5.32 Å². The smallest absolute Gasteiger partial charge is 0.251 e. The minimum Gasteiger partial charge on any atom is -0.487 e. The molecule has 2 N–H and O–H groups in total. The molecule has 1 aliphatic heterocycles. The first-order chi connectivity index (χ1) is 14.9. The lowest BCUT2D eigenvalue weighted by molar-refractivity contribution is 0.0758. The van der Waals surface area contributed by atoms with Crippen molar-refractivity contribution in [3.05, 3.63) is 89.2 Å². The van der Waals surface area contributed by atoms with Gasteiger partial charge in [-0.3, -0.25) is 9.78 Å². The summed E-state index contributed by atoms with van der Waals surface area (Å²) in [4.78, 5) is 16.9. The van der Waals surface area contributed by atoms with Crippen LogP contribution in [-0.4, -0.2) is 16.5 Å². The Morgan fingerprint density at radius 2 is 1.94 bits per heavy atom. The fourth-order valence-corrected chi connectivity index (χ4v) is 3.95. The first-order valence-corrected chi connectivity index (χ1v) is 10.8. The normalized spacial score (nSPS) is 16.7. The van der Waals surface area contributed by atoms with Gasteiger partial charge in [0.2, 0.25) is 0 Å². The van der Waals surface area contributed by atoms with E-state index in [4.69, 9.17) is 4.74 Å². The predicted octanol–water partition coefficient (Wildman–Crippen LogP) is 5.29. The number of carbonyl (C=O) groups excluding carboxylic acids is 1. The van der Waals surface area contributed by atoms with Gasteiger partial charge in [-0.25, -0.2) is 0 Å². The van der Waals surface area contributed by atoms with Crippen molar-refractivity contribution < 1.29 is 9.53 Å². The van der Waals surface area contributed by atoms with Gasteiger partial charge in [0.05, 0.1) is 6.04 Å². The molecule has 0 saturated heterocycles. The van der Waals surface area contributed by atoms with Gasteiger partial charge in [-0.15, -0.1) is 0 Å². The van der Waals surface area contributed by atoms with Gasteiger partial charge in [0.15, 0.2) is 0 Å². The average molecular weight is 416 g/mol. The molecule has 1 amide bonds. The summed E-state index contributed by atoms with van der Waals surface area (Å²) in [5.74, 6) is 0.713. The van der Waals surface area contributed by atoms with Crippen LogP contribution < -0.4 is 15.4 Å². The third kappa shape index (κ3) is 5.05. The molecule has 0 aliphatic carbocycles. The molecule has 2 heterocycles. The number of ether oxygens (including phenoxy) is 1. The molecule has 0 saturated carbocycles. The molecule has 5 nitrogen and oxygen atoms in total. The Balaban J connectivity index is 1.55. The fourth-order valence-electron chi connectivity index (χ4n) is 3.95. The minimum absolute atomic E-state index is 0.0531. The van der Waals surface area contributed by atoms with E-state index >= 15 is 0 Å². The van der Waals surface area contributed by atoms with Gasteiger partial charge in [-0.05, 0) is 67.8 Å². The number of anilines is 1. The summed E-state index contributed by atoms with van der Waals surface area (Å²) in [7, 11) is 0. The Morgan fingerprint density at radius 3 is 2.65 bits per heavy atom. The number of hydrogen-bond acceptors (Lipinski definition) is 4. The van der Waals surface area contributed by atoms with E-state index in [0.717, 1.165) is 35.4 Å². The van der Waals surface area contributed by atoms with E-state index < -0.39 is 0 Å². The molecule has 0 unspecified atom stereocenters. The molecule has 31 heavy (non-hydrogen) atoms. The number of benzene rings is 2. The third-order valence-corrected chi connectivity index (χ3v) is 5.61. The Hall–Kier alpha value is -3.34. The zero-order chi connectivity index (χ0) is 21.8. The highest BCUT2D eigenvalue weighted by atomic mass is 16.5. The van der Waals surface area contributed by atoms with Crippen LogP contribution >= 0.6 is 0 Å². The molecule has 0 bridgehead atoms. The number of hydrogen-bond donors (Lipinski definition) is 2. The van der Waals surface area contributed by atoms with Crippen molar-refractivity contribution in [3.8, 4) is 5.75 Å². The van der Waals surface area contributed by atoms with Gasteiger partial charge >= 0.3 is 0 Å². The number of nitrogens with zero attached hydrogens (tertiary/aromatic N) is 1. The Morgan fingerprint density at radius 1 is 1.13 bits per heavy atom. The van der Waals surface area contributed by atoms with Gasteiger partial charge < -0.3 is 15.4 Å². The predicted molar refractivity (Wildman–Crippen MR) is 123 cm³/mol. The largest absolute Gasteiger partial charge is 0.487 e. The van der Waals surface area contributed by atoms with Crippen molar-refractivity contribution in [3.63, 3.8) is 0 Å². The van der Waals surface area contributed by atoms with Crippen molar-refractivity contribution in [2.45, 2.75) is 51.8 Å². The Labute approximate surface area is 183 Å². The maximum Gasteiger partial charge on any atom is 0.251 e. The van der Waals surface area contributed by atoms with E-state index in [1.807, 2.05) is 30.3 Å². The highest BCUT2D eigenvalue weighted by Gasteiger charge is 2.34. The van der Waals surface area contributed by atoms with E-state index in [1.54, 1.807) is 12.4 Å². The average Bonchev–Trinajstić information content (AvgIpc) is 2.78. The van der Waals surface area contributed by atoms with Crippen LogP contribution in [0.2, 0.25) is 0 Å². The molecule has 160 valence electrons. The number of nitrogens with one attached hydrogen (secondary N) is 2. The molecule has 5 heteroatoms. The van der Waals surface area contributed by atoms with Gasteiger partial charge in [-0.1, -0.05) is 25.1 Å². The van der Waals surface area contributed by atoms with Crippen LogP contribution in [0, 0.1) is 0 Å². The third-order valence-electron chi connectivity index (χ3n) is 5.61. The summed E-state index contributed by atoms with van der Waals surface area (Å²) in [5, 5.41) is 6.62. The lowest BCUT2D eigenvalue weighted by Gasteiger charge is -2.38. The molecule has 1 atom stereocenters. The fraction of sp³-hybridized carbons (Fsp3) is 0.308. The summed E-state index contributed by atoms with van der Waals surface area (Å²) < 4.78 is 6.21. The molecule has 1 aromatic heterocycles. The second kappa shape index (κ2) is 8.80. The van der Waals surface area contributed by atoms with Crippen molar-refractivity contribution in [1.82, 2.24) is 10.3 Å². The van der Waals surface area contributed by atoms with Crippen LogP contribution in [0.4, 0.5) is 5.69 Å². The maximum atomic E-state index is 12.8. The van der Waals surface area contributed by atoms with Crippen LogP contribution in [0.25, 0.3) is 0 Å². The number of aromatic nitrogens is 1. The standard InChI is InChI=1S/C26H29N3O2/c1-4-18-7-10-21(11-8-18)29-23-15-26(2,3)31-24-12-9-20(14-22(23)24)25(30)28-17-19-6-5-13-27-16-19/h5-14,16,23,29H,4,15,17H2,1-3H3,(H,28,30)/t23-/m0/s1. The van der Waals surface area contributed by atoms with Gasteiger partial charge in [0.25, 0.3) is 5.91 Å². The summed E-state index contributed by atoms with van der Waals surface area (Å²) in [6.45, 7) is 6.79. The zero-order valence-electron chi connectivity index (χ0n) is 18.3.